The number of aromatic amines is 1. The molecule has 0 spiro atoms. The van der Waals surface area contributed by atoms with Gasteiger partial charge in [0, 0.05) is 17.8 Å². The van der Waals surface area contributed by atoms with Crippen molar-refractivity contribution in [2.24, 2.45) is 0 Å². The number of amides is 1. The molecule has 2 aromatic rings. The fourth-order valence-corrected chi connectivity index (χ4v) is 2.94. The second-order valence-corrected chi connectivity index (χ2v) is 6.70. The van der Waals surface area contributed by atoms with E-state index < -0.39 is 17.7 Å². The summed E-state index contributed by atoms with van der Waals surface area (Å²) in [5.74, 6) is -1.93. The maximum Gasteiger partial charge on any atom is 0.340 e. The average Bonchev–Trinajstić information content (AvgIpc) is 3.02. The fraction of sp³-hybridized carbons (Fsp3) is 0.381. The third kappa shape index (κ3) is 5.07. The number of nitrogens with one attached hydrogen (secondary N) is 2. The van der Waals surface area contributed by atoms with Crippen LogP contribution < -0.4 is 5.32 Å². The predicted octanol–water partition coefficient (Wildman–Crippen LogP) is 2.42. The van der Waals surface area contributed by atoms with Gasteiger partial charge in [-0.1, -0.05) is 30.3 Å². The number of hydrogen-bond acceptors (Lipinski definition) is 5. The van der Waals surface area contributed by atoms with Gasteiger partial charge < -0.3 is 19.9 Å². The standard InChI is InChI=1S/C21H27N3O4/c1-5-28-21(27)16-14(2)23-18(17(16)15-10-7-6-8-11-15)19(25)20(26)22-12-9-13-24(3)4/h6-8,10-11,23H,5,9,12-13H2,1-4H3,(H,22,26). The van der Waals surface area contributed by atoms with E-state index in [-0.39, 0.29) is 17.9 Å². The minimum atomic E-state index is -0.706. The first-order chi connectivity index (χ1) is 13.4. The van der Waals surface area contributed by atoms with Gasteiger partial charge in [0.25, 0.3) is 11.7 Å². The van der Waals surface area contributed by atoms with E-state index in [9.17, 15) is 14.4 Å². The molecule has 0 unspecified atom stereocenters. The van der Waals surface area contributed by atoms with Crippen molar-refractivity contribution in [3.8, 4) is 11.1 Å². The number of Topliss-reactive ketones (excluding diaryl/α,β-unsaturated/α-hetero) is 1. The zero-order valence-electron chi connectivity index (χ0n) is 16.8. The molecule has 1 heterocycles. The van der Waals surface area contributed by atoms with E-state index in [0.717, 1.165) is 13.0 Å². The van der Waals surface area contributed by atoms with Gasteiger partial charge in [0.05, 0.1) is 12.2 Å². The van der Waals surface area contributed by atoms with E-state index in [4.69, 9.17) is 4.74 Å². The number of aryl methyl sites for hydroxylation is 1. The number of ketones is 1. The van der Waals surface area contributed by atoms with Crippen molar-refractivity contribution in [2.75, 3.05) is 33.8 Å². The lowest BCUT2D eigenvalue weighted by molar-refractivity contribution is -0.117. The summed E-state index contributed by atoms with van der Waals surface area (Å²) in [5, 5.41) is 2.65. The first kappa shape index (κ1) is 21.4. The Bertz CT molecular complexity index is 841. The highest BCUT2D eigenvalue weighted by Crippen LogP contribution is 2.31. The van der Waals surface area contributed by atoms with Crippen LogP contribution in [0.15, 0.2) is 30.3 Å². The Morgan fingerprint density at radius 3 is 2.43 bits per heavy atom. The van der Waals surface area contributed by atoms with Crippen molar-refractivity contribution in [2.45, 2.75) is 20.3 Å². The SMILES string of the molecule is CCOC(=O)c1c(C)[nH]c(C(=O)C(=O)NCCCN(C)C)c1-c1ccccc1. The molecule has 2 rings (SSSR count). The van der Waals surface area contributed by atoms with E-state index in [2.05, 4.69) is 10.3 Å². The number of esters is 1. The largest absolute Gasteiger partial charge is 0.462 e. The number of nitrogens with zero attached hydrogens (tertiary/aromatic N) is 1. The Morgan fingerprint density at radius 2 is 1.82 bits per heavy atom. The topological polar surface area (TPSA) is 91.5 Å². The first-order valence-electron chi connectivity index (χ1n) is 9.29. The molecular weight excluding hydrogens is 358 g/mol. The number of ether oxygens (including phenoxy) is 1. The van der Waals surface area contributed by atoms with E-state index in [1.54, 1.807) is 26.0 Å². The number of carbonyl (C=O) groups excluding carboxylic acids is 3. The lowest BCUT2D eigenvalue weighted by Gasteiger charge is -2.10. The summed E-state index contributed by atoms with van der Waals surface area (Å²) in [6.45, 7) is 4.82. The molecule has 1 aromatic carbocycles. The highest BCUT2D eigenvalue weighted by atomic mass is 16.5. The van der Waals surface area contributed by atoms with Crippen LogP contribution in [-0.2, 0) is 9.53 Å². The molecule has 0 saturated carbocycles. The lowest BCUT2D eigenvalue weighted by Crippen LogP contribution is -2.33. The molecule has 0 aliphatic rings. The van der Waals surface area contributed by atoms with Gasteiger partial charge >= 0.3 is 5.97 Å². The smallest absolute Gasteiger partial charge is 0.340 e. The van der Waals surface area contributed by atoms with Gasteiger partial charge in [0.15, 0.2) is 0 Å². The highest BCUT2D eigenvalue weighted by molar-refractivity contribution is 6.43. The Morgan fingerprint density at radius 1 is 1.14 bits per heavy atom. The fourth-order valence-electron chi connectivity index (χ4n) is 2.94. The molecule has 2 N–H and O–H groups in total. The number of benzene rings is 1. The number of H-pyrrole nitrogens is 1. The van der Waals surface area contributed by atoms with Crippen LogP contribution in [0.3, 0.4) is 0 Å². The zero-order chi connectivity index (χ0) is 20.7. The van der Waals surface area contributed by atoms with Gasteiger partial charge in [0.2, 0.25) is 0 Å². The van der Waals surface area contributed by atoms with E-state index >= 15 is 0 Å². The predicted molar refractivity (Wildman–Crippen MR) is 107 cm³/mol. The number of carbonyl (C=O) groups is 3. The van der Waals surface area contributed by atoms with Gasteiger partial charge in [-0.15, -0.1) is 0 Å². The molecular formula is C21H27N3O4. The minimum Gasteiger partial charge on any atom is -0.462 e. The van der Waals surface area contributed by atoms with Crippen LogP contribution in [0.1, 0.15) is 39.9 Å². The van der Waals surface area contributed by atoms with Crippen LogP contribution in [0.4, 0.5) is 0 Å². The maximum absolute atomic E-state index is 12.8. The quantitative estimate of drug-likeness (QED) is 0.299. The van der Waals surface area contributed by atoms with Crippen molar-refractivity contribution in [1.29, 1.82) is 0 Å². The van der Waals surface area contributed by atoms with Crippen LogP contribution in [-0.4, -0.2) is 61.3 Å². The second-order valence-electron chi connectivity index (χ2n) is 6.70. The van der Waals surface area contributed by atoms with Crippen molar-refractivity contribution >= 4 is 17.7 Å². The van der Waals surface area contributed by atoms with Crippen molar-refractivity contribution < 1.29 is 19.1 Å². The Kier molecular flexibility index (Phi) is 7.52. The molecule has 0 aliphatic heterocycles. The molecule has 7 heteroatoms. The van der Waals surface area contributed by atoms with Gasteiger partial charge in [-0.2, -0.15) is 0 Å². The summed E-state index contributed by atoms with van der Waals surface area (Å²) in [5.41, 5.74) is 1.92. The molecule has 7 nitrogen and oxygen atoms in total. The first-order valence-corrected chi connectivity index (χ1v) is 9.29. The summed E-state index contributed by atoms with van der Waals surface area (Å²) in [7, 11) is 3.88. The molecule has 0 atom stereocenters. The molecule has 28 heavy (non-hydrogen) atoms. The average molecular weight is 385 g/mol. The van der Waals surface area contributed by atoms with Crippen LogP contribution in [0.2, 0.25) is 0 Å². The zero-order valence-corrected chi connectivity index (χ0v) is 16.8. The molecule has 0 saturated heterocycles. The third-order valence-corrected chi connectivity index (χ3v) is 4.23. The summed E-state index contributed by atoms with van der Waals surface area (Å²) in [6.07, 6.45) is 0.732. The molecule has 1 amide bonds. The van der Waals surface area contributed by atoms with Crippen LogP contribution in [0.25, 0.3) is 11.1 Å². The molecule has 0 fully saturated rings. The summed E-state index contributed by atoms with van der Waals surface area (Å²) in [4.78, 5) is 42.6. The molecule has 0 radical (unpaired) electrons. The van der Waals surface area contributed by atoms with E-state index in [1.807, 2.05) is 37.2 Å². The summed E-state index contributed by atoms with van der Waals surface area (Å²) < 4.78 is 5.15. The molecule has 0 aliphatic carbocycles. The Balaban J connectivity index is 2.35. The van der Waals surface area contributed by atoms with Gasteiger partial charge in [0.1, 0.15) is 5.69 Å². The second kappa shape index (κ2) is 9.85. The van der Waals surface area contributed by atoms with E-state index in [1.165, 1.54) is 0 Å². The van der Waals surface area contributed by atoms with Gasteiger partial charge in [-0.05, 0) is 46.5 Å². The summed E-state index contributed by atoms with van der Waals surface area (Å²) >= 11 is 0. The van der Waals surface area contributed by atoms with Gasteiger partial charge in [-0.25, -0.2) is 4.79 Å². The van der Waals surface area contributed by atoms with Crippen molar-refractivity contribution in [3.63, 3.8) is 0 Å². The number of hydrogen-bond donors (Lipinski definition) is 2. The third-order valence-electron chi connectivity index (χ3n) is 4.23. The maximum atomic E-state index is 12.8. The monoisotopic (exact) mass is 385 g/mol. The normalized spacial score (nSPS) is 10.8. The molecule has 0 bridgehead atoms. The van der Waals surface area contributed by atoms with E-state index in [0.29, 0.717) is 23.4 Å². The Hall–Kier alpha value is -2.93. The highest BCUT2D eigenvalue weighted by Gasteiger charge is 2.29. The van der Waals surface area contributed by atoms with Crippen molar-refractivity contribution in [3.05, 3.63) is 47.3 Å². The van der Waals surface area contributed by atoms with Gasteiger partial charge in [-0.3, -0.25) is 9.59 Å². The number of rotatable bonds is 9. The van der Waals surface area contributed by atoms with Crippen molar-refractivity contribution in [1.82, 2.24) is 15.2 Å². The lowest BCUT2D eigenvalue weighted by atomic mass is 9.98. The molecule has 150 valence electrons. The Labute approximate surface area is 165 Å². The van der Waals surface area contributed by atoms with Crippen LogP contribution >= 0.6 is 0 Å². The summed E-state index contributed by atoms with van der Waals surface area (Å²) in [6, 6.07) is 9.03. The molecule has 1 aromatic heterocycles. The number of aromatic nitrogens is 1. The van der Waals surface area contributed by atoms with Crippen LogP contribution in [0, 0.1) is 6.92 Å². The minimum absolute atomic E-state index is 0.0943. The van der Waals surface area contributed by atoms with Crippen LogP contribution in [0.5, 0.6) is 0 Å².